The maximum Gasteiger partial charge on any atom is 0.254 e. The number of aromatic hydroxyl groups is 1. The molecule has 2 rings (SSSR count). The van der Waals surface area contributed by atoms with E-state index in [0.717, 1.165) is 12.8 Å². The Kier molecular flexibility index (Phi) is 3.66. The first-order chi connectivity index (χ1) is 8.90. The molecule has 1 aromatic carbocycles. The first kappa shape index (κ1) is 13.7. The number of carbonyl (C=O) groups excluding carboxylic acids is 1. The molecule has 0 saturated heterocycles. The molecule has 0 aliphatic heterocycles. The summed E-state index contributed by atoms with van der Waals surface area (Å²) in [6.07, 6.45) is 1.51. The average Bonchev–Trinajstić information content (AvgIpc) is 2.34. The lowest BCUT2D eigenvalue weighted by Gasteiger charge is -2.32. The molecular weight excluding hydrogens is 261 g/mol. The first-order valence-electron chi connectivity index (χ1n) is 5.80. The number of phenols is 1. The zero-order chi connectivity index (χ0) is 14.2. The fraction of sp³-hybridized carbons (Fsp3) is 0.417. The van der Waals surface area contributed by atoms with E-state index in [0.29, 0.717) is 6.07 Å². The van der Waals surface area contributed by atoms with Crippen LogP contribution in [0.5, 0.6) is 5.75 Å². The molecule has 104 valence electrons. The summed E-state index contributed by atoms with van der Waals surface area (Å²) < 4.78 is 39.3. The van der Waals surface area contributed by atoms with Crippen LogP contribution in [0.25, 0.3) is 0 Å². The molecule has 7 heteroatoms. The average molecular weight is 274 g/mol. The predicted octanol–water partition coefficient (Wildman–Crippen LogP) is 1.28. The van der Waals surface area contributed by atoms with E-state index >= 15 is 0 Å². The lowest BCUT2D eigenvalue weighted by molar-refractivity contribution is 0.0929. The molecule has 1 fully saturated rings. The molecule has 19 heavy (non-hydrogen) atoms. The van der Waals surface area contributed by atoms with Crippen molar-refractivity contribution < 1.29 is 23.1 Å². The fourth-order valence-electron chi connectivity index (χ4n) is 2.04. The van der Waals surface area contributed by atoms with Gasteiger partial charge < -0.3 is 16.2 Å². The van der Waals surface area contributed by atoms with Crippen molar-refractivity contribution in [3.63, 3.8) is 0 Å². The topological polar surface area (TPSA) is 75.3 Å². The quantitative estimate of drug-likeness (QED) is 0.727. The second-order valence-corrected chi connectivity index (χ2v) is 4.69. The Labute approximate surface area is 107 Å². The highest BCUT2D eigenvalue weighted by Gasteiger charge is 2.27. The van der Waals surface area contributed by atoms with Gasteiger partial charge in [-0.3, -0.25) is 4.79 Å². The zero-order valence-electron chi connectivity index (χ0n) is 9.92. The number of rotatable bonds is 3. The van der Waals surface area contributed by atoms with Gasteiger partial charge in [-0.2, -0.15) is 4.39 Å². The number of nitrogens with two attached hydrogens (primary N) is 1. The van der Waals surface area contributed by atoms with E-state index in [-0.39, 0.29) is 18.5 Å². The molecular formula is C12H13F3N2O2. The van der Waals surface area contributed by atoms with E-state index in [2.05, 4.69) is 5.32 Å². The summed E-state index contributed by atoms with van der Waals surface area (Å²) in [7, 11) is 0. The Bertz CT molecular complexity index is 516. The normalized spacial score (nSPS) is 21.9. The van der Waals surface area contributed by atoms with Gasteiger partial charge in [-0.25, -0.2) is 8.78 Å². The summed E-state index contributed by atoms with van der Waals surface area (Å²) in [5, 5.41) is 11.4. The van der Waals surface area contributed by atoms with Gasteiger partial charge in [-0.15, -0.1) is 0 Å². The minimum atomic E-state index is -1.71. The Morgan fingerprint density at radius 3 is 2.58 bits per heavy atom. The van der Waals surface area contributed by atoms with Gasteiger partial charge in [0.25, 0.3) is 5.91 Å². The van der Waals surface area contributed by atoms with E-state index in [4.69, 9.17) is 10.8 Å². The number of halogens is 3. The van der Waals surface area contributed by atoms with E-state index in [9.17, 15) is 18.0 Å². The zero-order valence-corrected chi connectivity index (χ0v) is 9.92. The van der Waals surface area contributed by atoms with Crippen LogP contribution in [0.4, 0.5) is 13.2 Å². The second-order valence-electron chi connectivity index (χ2n) is 4.69. The van der Waals surface area contributed by atoms with Crippen LogP contribution in [0.1, 0.15) is 23.2 Å². The summed E-state index contributed by atoms with van der Waals surface area (Å²) in [6, 6.07) is 0.539. The number of nitrogens with one attached hydrogen (secondary N) is 1. The monoisotopic (exact) mass is 274 g/mol. The van der Waals surface area contributed by atoms with Gasteiger partial charge in [0, 0.05) is 12.6 Å². The summed E-state index contributed by atoms with van der Waals surface area (Å²) in [4.78, 5) is 11.6. The lowest BCUT2D eigenvalue weighted by Crippen LogP contribution is -2.42. The van der Waals surface area contributed by atoms with Crippen LogP contribution >= 0.6 is 0 Å². The highest BCUT2D eigenvalue weighted by molar-refractivity contribution is 5.95. The molecule has 0 heterocycles. The number of amides is 1. The SMILES string of the molecule is NC1CC(CNC(=O)c2cc(F)c(F)c(O)c2F)C1. The van der Waals surface area contributed by atoms with Crippen molar-refractivity contribution in [2.45, 2.75) is 18.9 Å². The van der Waals surface area contributed by atoms with Crippen LogP contribution in [-0.4, -0.2) is 23.6 Å². The van der Waals surface area contributed by atoms with E-state index in [1.807, 2.05) is 0 Å². The maximum absolute atomic E-state index is 13.4. The Morgan fingerprint density at radius 1 is 1.37 bits per heavy atom. The molecule has 0 bridgehead atoms. The molecule has 0 radical (unpaired) electrons. The largest absolute Gasteiger partial charge is 0.503 e. The molecule has 1 saturated carbocycles. The third-order valence-corrected chi connectivity index (χ3v) is 3.20. The predicted molar refractivity (Wildman–Crippen MR) is 61.0 cm³/mol. The summed E-state index contributed by atoms with van der Waals surface area (Å²) in [6.45, 7) is 0.283. The minimum absolute atomic E-state index is 0.117. The molecule has 1 aliphatic rings. The van der Waals surface area contributed by atoms with Gasteiger partial charge in [0.1, 0.15) is 0 Å². The molecule has 1 amide bonds. The number of hydrogen-bond acceptors (Lipinski definition) is 3. The van der Waals surface area contributed by atoms with Gasteiger partial charge in [0.15, 0.2) is 17.4 Å². The molecule has 0 aromatic heterocycles. The van der Waals surface area contributed by atoms with Crippen LogP contribution < -0.4 is 11.1 Å². The lowest BCUT2D eigenvalue weighted by atomic mass is 9.81. The summed E-state index contributed by atoms with van der Waals surface area (Å²) >= 11 is 0. The van der Waals surface area contributed by atoms with Crippen molar-refractivity contribution in [2.24, 2.45) is 11.7 Å². The second kappa shape index (κ2) is 5.08. The first-order valence-corrected chi connectivity index (χ1v) is 5.80. The number of hydrogen-bond donors (Lipinski definition) is 3. The molecule has 4 N–H and O–H groups in total. The van der Waals surface area contributed by atoms with Crippen molar-refractivity contribution >= 4 is 5.91 Å². The van der Waals surface area contributed by atoms with Crippen molar-refractivity contribution in [3.8, 4) is 5.75 Å². The Morgan fingerprint density at radius 2 is 2.00 bits per heavy atom. The third kappa shape index (κ3) is 2.65. The van der Waals surface area contributed by atoms with Crippen molar-refractivity contribution in [3.05, 3.63) is 29.1 Å². The molecule has 0 atom stereocenters. The molecule has 1 aliphatic carbocycles. The Hall–Kier alpha value is -1.76. The van der Waals surface area contributed by atoms with Gasteiger partial charge in [-0.05, 0) is 24.8 Å². The van der Waals surface area contributed by atoms with Gasteiger partial charge >= 0.3 is 0 Å². The third-order valence-electron chi connectivity index (χ3n) is 3.20. The van der Waals surface area contributed by atoms with Crippen LogP contribution in [-0.2, 0) is 0 Å². The smallest absolute Gasteiger partial charge is 0.254 e. The van der Waals surface area contributed by atoms with Crippen molar-refractivity contribution in [2.75, 3.05) is 6.54 Å². The minimum Gasteiger partial charge on any atom is -0.503 e. The highest BCUT2D eigenvalue weighted by Crippen LogP contribution is 2.27. The molecule has 1 aromatic rings. The van der Waals surface area contributed by atoms with Crippen LogP contribution in [0, 0.1) is 23.4 Å². The maximum atomic E-state index is 13.4. The highest BCUT2D eigenvalue weighted by atomic mass is 19.2. The van der Waals surface area contributed by atoms with Crippen molar-refractivity contribution in [1.82, 2.24) is 5.32 Å². The Balaban J connectivity index is 2.07. The van der Waals surface area contributed by atoms with E-state index in [1.165, 1.54) is 0 Å². The summed E-state index contributed by atoms with van der Waals surface area (Å²) in [5.41, 5.74) is 4.85. The van der Waals surface area contributed by atoms with Crippen LogP contribution in [0.3, 0.4) is 0 Å². The molecule has 0 unspecified atom stereocenters. The standard InChI is InChI=1S/C12H13F3N2O2/c13-8-3-7(9(14)11(18)10(8)15)12(19)17-4-5-1-6(16)2-5/h3,5-6,18H,1-2,4,16H2,(H,17,19). The van der Waals surface area contributed by atoms with Gasteiger partial charge in [-0.1, -0.05) is 0 Å². The number of carbonyl (C=O) groups is 1. The fourth-order valence-corrected chi connectivity index (χ4v) is 2.04. The van der Waals surface area contributed by atoms with Crippen LogP contribution in [0.15, 0.2) is 6.07 Å². The van der Waals surface area contributed by atoms with Gasteiger partial charge in [0.05, 0.1) is 5.56 Å². The van der Waals surface area contributed by atoms with E-state index in [1.54, 1.807) is 0 Å². The summed E-state index contributed by atoms with van der Waals surface area (Å²) in [5.74, 6) is -6.83. The van der Waals surface area contributed by atoms with Crippen molar-refractivity contribution in [1.29, 1.82) is 0 Å². The molecule has 4 nitrogen and oxygen atoms in total. The number of benzene rings is 1. The van der Waals surface area contributed by atoms with Crippen LogP contribution in [0.2, 0.25) is 0 Å². The van der Waals surface area contributed by atoms with Gasteiger partial charge in [0.2, 0.25) is 5.82 Å². The number of phenolic OH excluding ortho intramolecular Hbond substituents is 1. The molecule has 0 spiro atoms. The van der Waals surface area contributed by atoms with E-state index < -0.39 is 34.7 Å².